The van der Waals surface area contributed by atoms with Crippen molar-refractivity contribution in [2.45, 2.75) is 11.8 Å². The Morgan fingerprint density at radius 3 is 2.41 bits per heavy atom. The zero-order chi connectivity index (χ0) is 24.9. The van der Waals surface area contributed by atoms with Crippen LogP contribution in [-0.2, 0) is 14.8 Å². The first-order chi connectivity index (χ1) is 16.1. The second-order valence-corrected chi connectivity index (χ2v) is 10.9. The van der Waals surface area contributed by atoms with Crippen molar-refractivity contribution in [1.29, 1.82) is 0 Å². The number of aryl methyl sites for hydroxylation is 1. The van der Waals surface area contributed by atoms with E-state index in [1.165, 1.54) is 24.4 Å². The van der Waals surface area contributed by atoms with Gasteiger partial charge in [-0.1, -0.05) is 41.4 Å². The molecule has 0 saturated carbocycles. The molecule has 10 heteroatoms. The lowest BCUT2D eigenvalue weighted by molar-refractivity contribution is -0.119. The normalized spacial score (nSPS) is 11.4. The second-order valence-electron chi connectivity index (χ2n) is 7.70. The summed E-state index contributed by atoms with van der Waals surface area (Å²) in [6, 6.07) is 18.4. The Morgan fingerprint density at radius 2 is 1.79 bits per heavy atom. The van der Waals surface area contributed by atoms with Gasteiger partial charge in [0.1, 0.15) is 6.54 Å². The highest BCUT2D eigenvalue weighted by Gasteiger charge is 2.27. The lowest BCUT2D eigenvalue weighted by atomic mass is 10.2. The minimum Gasteiger partial charge on any atom is -0.377 e. The molecule has 3 rings (SSSR count). The Hall–Kier alpha value is -2.88. The van der Waals surface area contributed by atoms with Crippen molar-refractivity contribution in [2.24, 2.45) is 5.10 Å². The molecule has 7 nitrogen and oxygen atoms in total. The molecule has 0 aliphatic rings. The van der Waals surface area contributed by atoms with Crippen LogP contribution in [0.2, 0.25) is 5.02 Å². The first-order valence-corrected chi connectivity index (χ1v) is 12.8. The van der Waals surface area contributed by atoms with Crippen LogP contribution in [0.3, 0.4) is 0 Å². The van der Waals surface area contributed by atoms with Gasteiger partial charge in [0, 0.05) is 23.6 Å². The molecule has 0 atom stereocenters. The molecule has 0 radical (unpaired) electrons. The summed E-state index contributed by atoms with van der Waals surface area (Å²) in [6.45, 7) is 1.39. The Kier molecular flexibility index (Phi) is 8.35. The lowest BCUT2D eigenvalue weighted by Crippen LogP contribution is -2.39. The zero-order valence-corrected chi connectivity index (χ0v) is 22.0. The monoisotopic (exact) mass is 562 g/mol. The fourth-order valence-corrected chi connectivity index (χ4v) is 5.44. The van der Waals surface area contributed by atoms with E-state index in [0.717, 1.165) is 25.6 Å². The summed E-state index contributed by atoms with van der Waals surface area (Å²) >= 11 is 9.59. The molecule has 34 heavy (non-hydrogen) atoms. The highest BCUT2D eigenvalue weighted by atomic mass is 79.9. The molecule has 178 valence electrons. The Morgan fingerprint density at radius 1 is 1.09 bits per heavy atom. The average molecular weight is 564 g/mol. The lowest BCUT2D eigenvalue weighted by Gasteiger charge is -2.24. The molecule has 1 amide bonds. The van der Waals surface area contributed by atoms with E-state index >= 15 is 0 Å². The number of carbonyl (C=O) groups is 1. The van der Waals surface area contributed by atoms with Crippen molar-refractivity contribution < 1.29 is 13.2 Å². The van der Waals surface area contributed by atoms with E-state index in [1.807, 2.05) is 44.1 Å². The molecule has 0 spiro atoms. The number of hydrogen-bond donors (Lipinski definition) is 1. The van der Waals surface area contributed by atoms with Crippen molar-refractivity contribution in [3.8, 4) is 0 Å². The molecule has 1 N–H and O–H groups in total. The molecule has 0 aliphatic carbocycles. The number of hydrogen-bond acceptors (Lipinski definition) is 5. The maximum atomic E-state index is 13.4. The minimum absolute atomic E-state index is 0.0696. The molecule has 0 heterocycles. The van der Waals surface area contributed by atoms with Crippen molar-refractivity contribution >= 4 is 61.1 Å². The van der Waals surface area contributed by atoms with Crippen molar-refractivity contribution in [1.82, 2.24) is 5.43 Å². The maximum absolute atomic E-state index is 13.4. The van der Waals surface area contributed by atoms with Gasteiger partial charge in [-0.3, -0.25) is 9.10 Å². The van der Waals surface area contributed by atoms with Crippen LogP contribution in [0.4, 0.5) is 11.4 Å². The van der Waals surface area contributed by atoms with E-state index in [9.17, 15) is 13.2 Å². The maximum Gasteiger partial charge on any atom is 0.264 e. The molecular weight excluding hydrogens is 540 g/mol. The predicted molar refractivity (Wildman–Crippen MR) is 141 cm³/mol. The number of anilines is 2. The first kappa shape index (κ1) is 25.7. The highest BCUT2D eigenvalue weighted by molar-refractivity contribution is 9.10. The van der Waals surface area contributed by atoms with Gasteiger partial charge in [0.05, 0.1) is 22.5 Å². The average Bonchev–Trinajstić information content (AvgIpc) is 2.77. The third-order valence-corrected chi connectivity index (χ3v) is 7.51. The van der Waals surface area contributed by atoms with Gasteiger partial charge >= 0.3 is 0 Å². The SMILES string of the molecule is Cc1ccc(S(=O)(=O)N(CC(=O)N/N=C\c2ccc(N(C)C)c(Br)c2)c2cccc(Cl)c2)cc1. The number of nitrogens with zero attached hydrogens (tertiary/aromatic N) is 3. The fraction of sp³-hybridized carbons (Fsp3) is 0.167. The Bertz CT molecular complexity index is 1310. The number of amides is 1. The third kappa shape index (κ3) is 6.37. The Labute approximate surface area is 213 Å². The number of rotatable bonds is 8. The van der Waals surface area contributed by atoms with E-state index in [1.54, 1.807) is 30.3 Å². The van der Waals surface area contributed by atoms with Crippen molar-refractivity contribution in [2.75, 3.05) is 29.8 Å². The number of carbonyl (C=O) groups excluding carboxylic acids is 1. The molecule has 3 aromatic carbocycles. The van der Waals surface area contributed by atoms with Crippen LogP contribution in [0, 0.1) is 6.92 Å². The summed E-state index contributed by atoms with van der Waals surface area (Å²) in [5.41, 5.74) is 5.36. The number of halogens is 2. The van der Waals surface area contributed by atoms with Gasteiger partial charge in [-0.05, 0) is 70.9 Å². The van der Waals surface area contributed by atoms with Crippen LogP contribution >= 0.6 is 27.5 Å². The van der Waals surface area contributed by atoms with Crippen LogP contribution in [0.5, 0.6) is 0 Å². The second kappa shape index (κ2) is 11.0. The summed E-state index contributed by atoms with van der Waals surface area (Å²) < 4.78 is 28.6. The minimum atomic E-state index is -4.03. The number of nitrogens with one attached hydrogen (secondary N) is 1. The van der Waals surface area contributed by atoms with Gasteiger partial charge < -0.3 is 4.90 Å². The summed E-state index contributed by atoms with van der Waals surface area (Å²) in [5.74, 6) is -0.601. The summed E-state index contributed by atoms with van der Waals surface area (Å²) in [6.07, 6.45) is 1.49. The van der Waals surface area contributed by atoms with Gasteiger partial charge in [-0.2, -0.15) is 5.10 Å². The zero-order valence-electron chi connectivity index (χ0n) is 18.9. The molecule has 0 aromatic heterocycles. The predicted octanol–water partition coefficient (Wildman–Crippen LogP) is 4.82. The van der Waals surface area contributed by atoms with E-state index < -0.39 is 22.5 Å². The molecule has 0 unspecified atom stereocenters. The Balaban J connectivity index is 1.81. The van der Waals surface area contributed by atoms with Crippen LogP contribution in [0.15, 0.2) is 81.2 Å². The van der Waals surface area contributed by atoms with Gasteiger partial charge in [-0.15, -0.1) is 0 Å². The standard InChI is InChI=1S/C24H24BrClN4O3S/c1-17-7-10-21(11-8-17)34(32,33)30(20-6-4-5-19(26)14-20)16-24(31)28-27-15-18-9-12-23(29(2)3)22(25)13-18/h4-15H,16H2,1-3H3,(H,28,31)/b27-15-. The quantitative estimate of drug-likeness (QED) is 0.315. The van der Waals surface area contributed by atoms with E-state index in [4.69, 9.17) is 11.6 Å². The van der Waals surface area contributed by atoms with Crippen LogP contribution in [-0.4, -0.2) is 41.2 Å². The van der Waals surface area contributed by atoms with Crippen LogP contribution in [0.1, 0.15) is 11.1 Å². The molecule has 0 saturated heterocycles. The summed E-state index contributed by atoms with van der Waals surface area (Å²) in [7, 11) is -0.157. The first-order valence-electron chi connectivity index (χ1n) is 10.2. The molecule has 0 bridgehead atoms. The molecule has 3 aromatic rings. The summed E-state index contributed by atoms with van der Waals surface area (Å²) in [5, 5.41) is 4.33. The van der Waals surface area contributed by atoms with E-state index in [0.29, 0.717) is 5.02 Å². The number of hydrazone groups is 1. The largest absolute Gasteiger partial charge is 0.377 e. The van der Waals surface area contributed by atoms with Crippen molar-refractivity contribution in [3.05, 3.63) is 87.4 Å². The molecular formula is C24H24BrClN4O3S. The topological polar surface area (TPSA) is 82.1 Å². The van der Waals surface area contributed by atoms with Crippen LogP contribution < -0.4 is 14.6 Å². The van der Waals surface area contributed by atoms with Gasteiger partial charge in [0.15, 0.2) is 0 Å². The number of sulfonamides is 1. The van der Waals surface area contributed by atoms with Gasteiger partial charge in [0.25, 0.3) is 15.9 Å². The fourth-order valence-electron chi connectivity index (χ4n) is 3.09. The van der Waals surface area contributed by atoms with E-state index in [2.05, 4.69) is 26.5 Å². The number of benzene rings is 3. The van der Waals surface area contributed by atoms with E-state index in [-0.39, 0.29) is 10.6 Å². The summed E-state index contributed by atoms with van der Waals surface area (Å²) in [4.78, 5) is 14.7. The van der Waals surface area contributed by atoms with Gasteiger partial charge in [0.2, 0.25) is 0 Å². The van der Waals surface area contributed by atoms with Crippen LogP contribution in [0.25, 0.3) is 0 Å². The highest BCUT2D eigenvalue weighted by Crippen LogP contribution is 2.27. The smallest absolute Gasteiger partial charge is 0.264 e. The third-order valence-electron chi connectivity index (χ3n) is 4.85. The molecule has 0 aliphatic heterocycles. The molecule has 0 fully saturated rings. The van der Waals surface area contributed by atoms with Gasteiger partial charge in [-0.25, -0.2) is 13.8 Å². The van der Waals surface area contributed by atoms with Crippen molar-refractivity contribution in [3.63, 3.8) is 0 Å².